The molecule has 0 spiro atoms. The number of aryl methyl sites for hydroxylation is 1. The molecule has 3 nitrogen and oxygen atoms in total. The van der Waals surface area contributed by atoms with Crippen LogP contribution in [0, 0.1) is 12.7 Å². The van der Waals surface area contributed by atoms with Gasteiger partial charge in [0.05, 0.1) is 5.69 Å². The van der Waals surface area contributed by atoms with Crippen LogP contribution in [0.25, 0.3) is 0 Å². The molecule has 0 atom stereocenters. The van der Waals surface area contributed by atoms with Crippen molar-refractivity contribution in [2.75, 3.05) is 18.5 Å². The summed E-state index contributed by atoms with van der Waals surface area (Å²) in [6, 6.07) is 6.70. The number of benzene rings is 1. The van der Waals surface area contributed by atoms with Gasteiger partial charge in [0.1, 0.15) is 5.82 Å². The molecule has 2 aromatic rings. The largest absolute Gasteiger partial charge is 0.347 e. The average Bonchev–Trinajstić information content (AvgIpc) is 2.78. The molecule has 108 valence electrons. The van der Waals surface area contributed by atoms with Gasteiger partial charge >= 0.3 is 0 Å². The fraction of sp³-hybridized carbons (Fsp3) is 0.400. The van der Waals surface area contributed by atoms with E-state index in [9.17, 15) is 4.39 Å². The number of nitrogens with one attached hydrogen (secondary N) is 1. The summed E-state index contributed by atoms with van der Waals surface area (Å²) >= 11 is 1.69. The maximum atomic E-state index is 13.2. The Hall–Kier alpha value is -1.46. The van der Waals surface area contributed by atoms with Crippen molar-refractivity contribution in [2.24, 2.45) is 0 Å². The number of nitrogens with zero attached hydrogens (tertiary/aromatic N) is 2. The van der Waals surface area contributed by atoms with Crippen molar-refractivity contribution in [3.63, 3.8) is 0 Å². The summed E-state index contributed by atoms with van der Waals surface area (Å²) < 4.78 is 13.2. The van der Waals surface area contributed by atoms with E-state index in [1.54, 1.807) is 23.5 Å². The van der Waals surface area contributed by atoms with Gasteiger partial charge in [-0.1, -0.05) is 19.1 Å². The molecule has 2 rings (SSSR count). The Balaban J connectivity index is 2.07. The molecule has 0 fully saturated rings. The average molecular weight is 293 g/mol. The van der Waals surface area contributed by atoms with Gasteiger partial charge in [-0.2, -0.15) is 0 Å². The van der Waals surface area contributed by atoms with Crippen molar-refractivity contribution in [2.45, 2.75) is 26.9 Å². The molecule has 0 unspecified atom stereocenters. The number of hydrogen-bond acceptors (Lipinski definition) is 4. The van der Waals surface area contributed by atoms with Crippen LogP contribution in [0.3, 0.4) is 0 Å². The molecule has 20 heavy (non-hydrogen) atoms. The Bertz CT molecular complexity index is 568. The van der Waals surface area contributed by atoms with E-state index < -0.39 is 0 Å². The van der Waals surface area contributed by atoms with Crippen molar-refractivity contribution in [3.8, 4) is 0 Å². The van der Waals surface area contributed by atoms with Crippen molar-refractivity contribution in [1.82, 2.24) is 10.3 Å². The van der Waals surface area contributed by atoms with Crippen LogP contribution in [0.2, 0.25) is 0 Å². The molecule has 1 N–H and O–H groups in total. The molecule has 0 radical (unpaired) electrons. The summed E-state index contributed by atoms with van der Waals surface area (Å²) in [6.45, 7) is 6.58. The second-order valence-corrected chi connectivity index (χ2v) is 5.83. The van der Waals surface area contributed by atoms with Gasteiger partial charge < -0.3 is 10.2 Å². The van der Waals surface area contributed by atoms with Gasteiger partial charge in [-0.3, -0.25) is 0 Å². The molecule has 0 amide bonds. The first kappa shape index (κ1) is 14.9. The number of thiazole rings is 1. The fourth-order valence-electron chi connectivity index (χ4n) is 1.96. The van der Waals surface area contributed by atoms with Gasteiger partial charge in [0.25, 0.3) is 0 Å². The van der Waals surface area contributed by atoms with Crippen molar-refractivity contribution >= 4 is 16.5 Å². The molecular weight excluding hydrogens is 273 g/mol. The first-order valence-electron chi connectivity index (χ1n) is 6.72. The summed E-state index contributed by atoms with van der Waals surface area (Å²) in [5.41, 5.74) is 2.02. The molecule has 0 saturated carbocycles. The third kappa shape index (κ3) is 3.77. The van der Waals surface area contributed by atoms with Crippen LogP contribution in [0.1, 0.15) is 23.1 Å². The molecule has 1 aromatic heterocycles. The lowest BCUT2D eigenvalue weighted by Gasteiger charge is -2.15. The molecular formula is C15H20FN3S. The zero-order valence-electron chi connectivity index (χ0n) is 12.1. The lowest BCUT2D eigenvalue weighted by atomic mass is 10.2. The minimum Gasteiger partial charge on any atom is -0.347 e. The summed E-state index contributed by atoms with van der Waals surface area (Å²) in [4.78, 5) is 7.91. The van der Waals surface area contributed by atoms with Crippen molar-refractivity contribution in [3.05, 3.63) is 46.2 Å². The fourth-order valence-corrected chi connectivity index (χ4v) is 2.95. The maximum Gasteiger partial charge on any atom is 0.185 e. The van der Waals surface area contributed by atoms with Gasteiger partial charge in [0.2, 0.25) is 0 Å². The first-order chi connectivity index (χ1) is 9.60. The van der Waals surface area contributed by atoms with Crippen LogP contribution < -0.4 is 10.2 Å². The van der Waals surface area contributed by atoms with E-state index in [0.717, 1.165) is 29.5 Å². The highest BCUT2D eigenvalue weighted by molar-refractivity contribution is 7.15. The third-order valence-electron chi connectivity index (χ3n) is 3.05. The summed E-state index contributed by atoms with van der Waals surface area (Å²) in [5.74, 6) is -0.195. The Morgan fingerprint density at radius 1 is 1.40 bits per heavy atom. The van der Waals surface area contributed by atoms with Gasteiger partial charge in [0, 0.05) is 25.0 Å². The Labute approximate surface area is 123 Å². The van der Waals surface area contributed by atoms with E-state index in [0.29, 0.717) is 6.54 Å². The predicted molar refractivity (Wildman–Crippen MR) is 82.7 cm³/mol. The van der Waals surface area contributed by atoms with Gasteiger partial charge in [-0.15, -0.1) is 11.3 Å². The second-order valence-electron chi connectivity index (χ2n) is 4.77. The highest BCUT2D eigenvalue weighted by Gasteiger charge is 2.11. The van der Waals surface area contributed by atoms with E-state index in [1.807, 2.05) is 20.0 Å². The summed E-state index contributed by atoms with van der Waals surface area (Å²) in [6.07, 6.45) is 0. The first-order valence-corrected chi connectivity index (χ1v) is 7.54. The molecule has 5 heteroatoms. The molecule has 0 aliphatic rings. The van der Waals surface area contributed by atoms with Gasteiger partial charge in [-0.05, 0) is 31.2 Å². The van der Waals surface area contributed by atoms with Crippen LogP contribution in [0.4, 0.5) is 9.52 Å². The van der Waals surface area contributed by atoms with Gasteiger partial charge in [0.15, 0.2) is 5.13 Å². The number of aromatic nitrogens is 1. The SMILES string of the molecule is CCNCc1sc(N(C)Cc2cccc(F)c2)nc1C. The normalized spacial score (nSPS) is 10.8. The highest BCUT2D eigenvalue weighted by Crippen LogP contribution is 2.26. The molecule has 1 aromatic carbocycles. The lowest BCUT2D eigenvalue weighted by Crippen LogP contribution is -2.16. The van der Waals surface area contributed by atoms with E-state index in [4.69, 9.17) is 0 Å². The number of rotatable bonds is 6. The van der Waals surface area contributed by atoms with Crippen LogP contribution in [0.5, 0.6) is 0 Å². The molecule has 0 aliphatic carbocycles. The Kier molecular flexibility index (Phi) is 5.09. The molecule has 0 aliphatic heterocycles. The zero-order chi connectivity index (χ0) is 14.5. The topological polar surface area (TPSA) is 28.2 Å². The highest BCUT2D eigenvalue weighted by atomic mass is 32.1. The van der Waals surface area contributed by atoms with Gasteiger partial charge in [-0.25, -0.2) is 9.37 Å². The molecule has 1 heterocycles. The molecule has 0 bridgehead atoms. The minimum atomic E-state index is -0.195. The van der Waals surface area contributed by atoms with E-state index in [-0.39, 0.29) is 5.82 Å². The quantitative estimate of drug-likeness (QED) is 0.885. The second kappa shape index (κ2) is 6.81. The number of halogens is 1. The van der Waals surface area contributed by atoms with Crippen LogP contribution in [-0.4, -0.2) is 18.6 Å². The number of anilines is 1. The van der Waals surface area contributed by atoms with Crippen LogP contribution in [-0.2, 0) is 13.1 Å². The summed E-state index contributed by atoms with van der Waals surface area (Å²) in [7, 11) is 1.99. The standard InChI is InChI=1S/C15H20FN3S/c1-4-17-9-14-11(2)18-15(20-14)19(3)10-12-6-5-7-13(16)8-12/h5-8,17H,4,9-10H2,1-3H3. The van der Waals surface area contributed by atoms with Crippen molar-refractivity contribution in [1.29, 1.82) is 0 Å². The van der Waals surface area contributed by atoms with Crippen molar-refractivity contribution < 1.29 is 4.39 Å². The van der Waals surface area contributed by atoms with Crippen LogP contribution >= 0.6 is 11.3 Å². The van der Waals surface area contributed by atoms with E-state index >= 15 is 0 Å². The molecule has 0 saturated heterocycles. The Morgan fingerprint density at radius 3 is 2.90 bits per heavy atom. The Morgan fingerprint density at radius 2 is 2.20 bits per heavy atom. The maximum absolute atomic E-state index is 13.2. The van der Waals surface area contributed by atoms with E-state index in [2.05, 4.69) is 22.1 Å². The summed E-state index contributed by atoms with van der Waals surface area (Å²) in [5, 5.41) is 4.29. The predicted octanol–water partition coefficient (Wildman–Crippen LogP) is 3.34. The smallest absolute Gasteiger partial charge is 0.185 e. The minimum absolute atomic E-state index is 0.195. The van der Waals surface area contributed by atoms with Crippen LogP contribution in [0.15, 0.2) is 24.3 Å². The van der Waals surface area contributed by atoms with E-state index in [1.165, 1.54) is 10.9 Å². The lowest BCUT2D eigenvalue weighted by molar-refractivity contribution is 0.625. The third-order valence-corrected chi connectivity index (χ3v) is 4.32. The monoisotopic (exact) mass is 293 g/mol. The zero-order valence-corrected chi connectivity index (χ0v) is 12.9. The number of hydrogen-bond donors (Lipinski definition) is 1.